The first-order valence-corrected chi connectivity index (χ1v) is 14.8. The molecule has 0 bridgehead atoms. The lowest BCUT2D eigenvalue weighted by Gasteiger charge is -2.04. The number of nitrogens with one attached hydrogen (secondary N) is 2. The fraction of sp³-hybridized carbons (Fsp3) is 0.259. The molecule has 192 valence electrons. The molecule has 0 aliphatic carbocycles. The summed E-state index contributed by atoms with van der Waals surface area (Å²) >= 11 is 14.3. The topological polar surface area (TPSA) is 75.6 Å². The highest BCUT2D eigenvalue weighted by Gasteiger charge is 2.18. The van der Waals surface area contributed by atoms with Crippen LogP contribution in [0, 0.1) is 13.8 Å². The van der Waals surface area contributed by atoms with Crippen LogP contribution in [0.5, 0.6) is 0 Å². The van der Waals surface area contributed by atoms with Gasteiger partial charge in [0.2, 0.25) is 0 Å². The molecule has 0 aliphatic heterocycles. The number of aromatic amines is 2. The van der Waals surface area contributed by atoms with Gasteiger partial charge in [0, 0.05) is 11.4 Å². The van der Waals surface area contributed by atoms with Gasteiger partial charge in [-0.2, -0.15) is 0 Å². The summed E-state index contributed by atoms with van der Waals surface area (Å²) in [6, 6.07) is 19.0. The van der Waals surface area contributed by atoms with Crippen LogP contribution in [-0.2, 0) is 0 Å². The van der Waals surface area contributed by atoms with Gasteiger partial charge < -0.3 is 0 Å². The second kappa shape index (κ2) is 12.7. The summed E-state index contributed by atoms with van der Waals surface area (Å²) in [6.45, 7) is 3.76. The number of thiocarbonyl (C=S) groups is 2. The number of hydrogen-bond donors (Lipinski definition) is 2. The van der Waals surface area contributed by atoms with Crippen molar-refractivity contribution in [3.63, 3.8) is 0 Å². The maximum atomic E-state index is 12.9. The summed E-state index contributed by atoms with van der Waals surface area (Å²) in [5, 5.41) is 6.27. The Morgan fingerprint density at radius 2 is 1.05 bits per heavy atom. The van der Waals surface area contributed by atoms with Crippen LogP contribution in [0.2, 0.25) is 0 Å². The Balaban J connectivity index is 1.22. The monoisotopic (exact) mass is 568 g/mol. The molecule has 2 heterocycles. The number of aromatic nitrogens is 4. The van der Waals surface area contributed by atoms with Gasteiger partial charge in [0.25, 0.3) is 11.1 Å². The molecule has 2 N–H and O–H groups in total. The van der Waals surface area contributed by atoms with Crippen molar-refractivity contribution >= 4 is 56.4 Å². The van der Waals surface area contributed by atoms with Gasteiger partial charge in [-0.05, 0) is 62.5 Å². The molecule has 2 aromatic heterocycles. The summed E-state index contributed by atoms with van der Waals surface area (Å²) in [7, 11) is 0. The summed E-state index contributed by atoms with van der Waals surface area (Å²) < 4.78 is 4.33. The zero-order valence-corrected chi connectivity index (χ0v) is 23.9. The highest BCUT2D eigenvalue weighted by Crippen LogP contribution is 2.20. The number of benzene rings is 2. The fourth-order valence-electron chi connectivity index (χ4n) is 3.95. The van der Waals surface area contributed by atoms with E-state index in [-0.39, 0.29) is 11.1 Å². The second-order valence-corrected chi connectivity index (χ2v) is 12.1. The zero-order chi connectivity index (χ0) is 26.4. The summed E-state index contributed by atoms with van der Waals surface area (Å²) in [4.78, 5) is 25.8. The van der Waals surface area contributed by atoms with E-state index in [0.29, 0.717) is 19.5 Å². The minimum atomic E-state index is -0.113. The van der Waals surface area contributed by atoms with E-state index in [1.807, 2.05) is 74.5 Å². The van der Waals surface area contributed by atoms with E-state index >= 15 is 0 Å². The Kier molecular flexibility index (Phi) is 9.42. The molecule has 4 rings (SSSR count). The zero-order valence-electron chi connectivity index (χ0n) is 20.7. The third-order valence-corrected chi connectivity index (χ3v) is 8.87. The quantitative estimate of drug-likeness (QED) is 0.182. The number of thioether (sulfide) groups is 2. The predicted molar refractivity (Wildman–Crippen MR) is 164 cm³/mol. The van der Waals surface area contributed by atoms with Crippen LogP contribution in [0.1, 0.15) is 41.8 Å². The van der Waals surface area contributed by atoms with Crippen molar-refractivity contribution in [2.24, 2.45) is 0 Å². The number of para-hydroxylation sites is 2. The first-order valence-electron chi connectivity index (χ1n) is 12.0. The smallest absolute Gasteiger partial charge is 0.280 e. The third-order valence-electron chi connectivity index (χ3n) is 5.83. The van der Waals surface area contributed by atoms with Crippen molar-refractivity contribution in [2.45, 2.75) is 33.1 Å². The number of nitrogens with zero attached hydrogens (tertiary/aromatic N) is 2. The van der Waals surface area contributed by atoms with E-state index in [0.717, 1.165) is 53.5 Å². The van der Waals surface area contributed by atoms with Gasteiger partial charge in [0.15, 0.2) is 0 Å². The van der Waals surface area contributed by atoms with E-state index in [1.54, 1.807) is 32.9 Å². The molecule has 4 aromatic rings. The van der Waals surface area contributed by atoms with Gasteiger partial charge in [0.1, 0.15) is 0 Å². The summed E-state index contributed by atoms with van der Waals surface area (Å²) in [5.74, 6) is 1.70. The van der Waals surface area contributed by atoms with Gasteiger partial charge in [-0.25, -0.2) is 9.36 Å². The standard InChI is InChI=1S/C27H28N4O2S4/c1-18-22(24(32)30(28-18)20-12-6-3-7-13-20)26(34)36-16-10-5-11-17-37-27(35)23-19(2)29-31(25(23)33)21-14-8-4-9-15-21/h3-4,6-9,12-15,28-29H,5,10-11,16-17H2,1-2H3. The fourth-order valence-corrected chi connectivity index (χ4v) is 6.76. The van der Waals surface area contributed by atoms with E-state index in [4.69, 9.17) is 24.4 Å². The minimum absolute atomic E-state index is 0.113. The molecule has 6 nitrogen and oxygen atoms in total. The number of unbranched alkanes of at least 4 members (excludes halogenated alkanes) is 2. The first-order chi connectivity index (χ1) is 17.9. The van der Waals surface area contributed by atoms with Gasteiger partial charge in [-0.15, -0.1) is 23.5 Å². The molecule has 0 saturated heterocycles. The molecule has 0 amide bonds. The van der Waals surface area contributed by atoms with Crippen molar-refractivity contribution in [3.05, 3.63) is 104 Å². The number of hydrogen-bond acceptors (Lipinski definition) is 6. The second-order valence-electron chi connectivity index (χ2n) is 8.51. The van der Waals surface area contributed by atoms with Crippen molar-refractivity contribution in [1.29, 1.82) is 0 Å². The highest BCUT2D eigenvalue weighted by atomic mass is 32.2. The average Bonchev–Trinajstić information content (AvgIpc) is 3.37. The molecule has 0 spiro atoms. The highest BCUT2D eigenvalue weighted by molar-refractivity contribution is 8.24. The molecular weight excluding hydrogens is 541 g/mol. The maximum Gasteiger partial charge on any atom is 0.280 e. The average molecular weight is 569 g/mol. The van der Waals surface area contributed by atoms with Crippen LogP contribution in [-0.4, -0.2) is 39.5 Å². The number of aryl methyl sites for hydroxylation is 2. The van der Waals surface area contributed by atoms with E-state index in [1.165, 1.54) is 0 Å². The Bertz CT molecular complexity index is 1390. The van der Waals surface area contributed by atoms with Crippen molar-refractivity contribution in [3.8, 4) is 11.4 Å². The molecule has 2 aromatic carbocycles. The van der Waals surface area contributed by atoms with Crippen LogP contribution in [0.4, 0.5) is 0 Å². The van der Waals surface area contributed by atoms with Crippen LogP contribution < -0.4 is 11.1 Å². The predicted octanol–water partition coefficient (Wildman–Crippen LogP) is 5.95. The molecule has 0 atom stereocenters. The van der Waals surface area contributed by atoms with Crippen LogP contribution in [0.15, 0.2) is 70.3 Å². The van der Waals surface area contributed by atoms with Gasteiger partial charge in [-0.3, -0.25) is 19.8 Å². The van der Waals surface area contributed by atoms with Crippen molar-refractivity contribution in [2.75, 3.05) is 11.5 Å². The number of rotatable bonds is 10. The normalized spacial score (nSPS) is 11.1. The molecule has 0 radical (unpaired) electrons. The van der Waals surface area contributed by atoms with Crippen LogP contribution >= 0.6 is 48.0 Å². The minimum Gasteiger partial charge on any atom is -0.295 e. The third kappa shape index (κ3) is 6.43. The Morgan fingerprint density at radius 3 is 1.43 bits per heavy atom. The van der Waals surface area contributed by atoms with Crippen molar-refractivity contribution in [1.82, 2.24) is 19.6 Å². The van der Waals surface area contributed by atoms with E-state index in [2.05, 4.69) is 10.2 Å². The Hall–Kier alpha value is -2.66. The number of H-pyrrole nitrogens is 2. The van der Waals surface area contributed by atoms with Gasteiger partial charge >= 0.3 is 0 Å². The first kappa shape index (κ1) is 27.4. The molecule has 0 aliphatic rings. The van der Waals surface area contributed by atoms with E-state index in [9.17, 15) is 9.59 Å². The van der Waals surface area contributed by atoms with Gasteiger partial charge in [0.05, 0.1) is 30.9 Å². The summed E-state index contributed by atoms with van der Waals surface area (Å²) in [6.07, 6.45) is 2.99. The summed E-state index contributed by atoms with van der Waals surface area (Å²) in [5.41, 5.74) is 4.07. The Morgan fingerprint density at radius 1 is 0.676 bits per heavy atom. The Labute approximate surface area is 234 Å². The lowest BCUT2D eigenvalue weighted by molar-refractivity contribution is 0.787. The lowest BCUT2D eigenvalue weighted by Crippen LogP contribution is -2.19. The lowest BCUT2D eigenvalue weighted by atomic mass is 10.3. The van der Waals surface area contributed by atoms with E-state index < -0.39 is 0 Å². The van der Waals surface area contributed by atoms with Crippen molar-refractivity contribution < 1.29 is 0 Å². The maximum absolute atomic E-state index is 12.9. The molecule has 10 heteroatoms. The molecule has 37 heavy (non-hydrogen) atoms. The molecule has 0 fully saturated rings. The molecule has 0 unspecified atom stereocenters. The molecular formula is C27H28N4O2S4. The van der Waals surface area contributed by atoms with Gasteiger partial charge in [-0.1, -0.05) is 67.3 Å². The SMILES string of the molecule is Cc1[nH]n(-c2ccccc2)c(=O)c1C(=S)SCCCCCSC(=S)c1c(C)[nH]n(-c2ccccc2)c1=O. The van der Waals surface area contributed by atoms with Crippen LogP contribution in [0.3, 0.4) is 0 Å². The van der Waals surface area contributed by atoms with Crippen LogP contribution in [0.25, 0.3) is 11.4 Å². The largest absolute Gasteiger partial charge is 0.295 e. The molecule has 0 saturated carbocycles.